The van der Waals surface area contributed by atoms with Gasteiger partial charge in [0, 0.05) is 5.02 Å². The van der Waals surface area contributed by atoms with Crippen molar-refractivity contribution in [3.8, 4) is 0 Å². The smallest absolute Gasteiger partial charge is 0.261 e. The molecule has 0 aliphatic carbocycles. The fourth-order valence-electron chi connectivity index (χ4n) is 2.17. The van der Waals surface area contributed by atoms with Gasteiger partial charge in [-0.05, 0) is 36.8 Å². The molecule has 20 heavy (non-hydrogen) atoms. The van der Waals surface area contributed by atoms with E-state index < -0.39 is 0 Å². The minimum Gasteiger partial charge on any atom is -0.294 e. The van der Waals surface area contributed by atoms with Crippen LogP contribution in [0, 0.1) is 6.92 Å². The Kier molecular flexibility index (Phi) is 3.28. The van der Waals surface area contributed by atoms with Gasteiger partial charge in [-0.15, -0.1) is 0 Å². The second-order valence-electron chi connectivity index (χ2n) is 4.82. The lowest BCUT2D eigenvalue weighted by molar-refractivity contribution is 0.748. The highest BCUT2D eigenvalue weighted by molar-refractivity contribution is 6.30. The minimum absolute atomic E-state index is 0.0198. The fourth-order valence-corrected chi connectivity index (χ4v) is 2.30. The summed E-state index contributed by atoms with van der Waals surface area (Å²) in [5, 5.41) is 1.34. The molecule has 0 saturated heterocycles. The maximum Gasteiger partial charge on any atom is 0.261 e. The number of fused-ring (bicyclic) bond motifs is 1. The monoisotopic (exact) mass is 284 g/mol. The van der Waals surface area contributed by atoms with Gasteiger partial charge in [0.15, 0.2) is 0 Å². The van der Waals surface area contributed by atoms with Gasteiger partial charge in [0.25, 0.3) is 5.56 Å². The molecule has 3 rings (SSSR count). The molecule has 2 aromatic carbocycles. The van der Waals surface area contributed by atoms with Crippen LogP contribution in [0.5, 0.6) is 0 Å². The van der Waals surface area contributed by atoms with Crippen LogP contribution in [-0.2, 0) is 6.54 Å². The first-order valence-corrected chi connectivity index (χ1v) is 6.71. The summed E-state index contributed by atoms with van der Waals surface area (Å²) in [5.41, 5.74) is 2.78. The van der Waals surface area contributed by atoms with Crippen molar-refractivity contribution in [2.75, 3.05) is 0 Å². The number of hydrogen-bond donors (Lipinski definition) is 0. The SMILES string of the molecule is Cc1ccc2ncn(Cc3ccc(Cl)cc3)c(=O)c2c1. The standard InChI is InChI=1S/C16H13ClN2O/c1-11-2-7-15-14(8-11)16(20)19(10-18-15)9-12-3-5-13(17)6-4-12/h2-8,10H,9H2,1H3. The zero-order chi connectivity index (χ0) is 14.1. The molecule has 1 aromatic heterocycles. The third-order valence-corrected chi connectivity index (χ3v) is 3.50. The Hall–Kier alpha value is -2.13. The van der Waals surface area contributed by atoms with E-state index in [1.165, 1.54) is 0 Å². The van der Waals surface area contributed by atoms with Crippen molar-refractivity contribution in [2.45, 2.75) is 13.5 Å². The average molecular weight is 285 g/mol. The van der Waals surface area contributed by atoms with Crippen molar-refractivity contribution in [3.63, 3.8) is 0 Å². The Bertz CT molecular complexity index is 822. The number of halogens is 1. The number of nitrogens with zero attached hydrogens (tertiary/aromatic N) is 2. The van der Waals surface area contributed by atoms with Crippen LogP contribution in [0.15, 0.2) is 53.6 Å². The first-order chi connectivity index (χ1) is 9.63. The lowest BCUT2D eigenvalue weighted by atomic mass is 10.1. The summed E-state index contributed by atoms with van der Waals surface area (Å²) in [6, 6.07) is 13.2. The molecule has 0 fully saturated rings. The van der Waals surface area contributed by atoms with E-state index in [1.807, 2.05) is 49.4 Å². The van der Waals surface area contributed by atoms with E-state index in [2.05, 4.69) is 4.98 Å². The molecular weight excluding hydrogens is 272 g/mol. The van der Waals surface area contributed by atoms with Gasteiger partial charge in [-0.25, -0.2) is 4.98 Å². The maximum atomic E-state index is 12.4. The Morgan fingerprint density at radius 2 is 1.90 bits per heavy atom. The second-order valence-corrected chi connectivity index (χ2v) is 5.26. The molecule has 0 amide bonds. The molecule has 0 aliphatic rings. The Morgan fingerprint density at radius 3 is 2.65 bits per heavy atom. The third-order valence-electron chi connectivity index (χ3n) is 3.25. The van der Waals surface area contributed by atoms with Gasteiger partial charge >= 0.3 is 0 Å². The van der Waals surface area contributed by atoms with Gasteiger partial charge in [-0.2, -0.15) is 0 Å². The van der Waals surface area contributed by atoms with Crippen LogP contribution in [0.4, 0.5) is 0 Å². The highest BCUT2D eigenvalue weighted by atomic mass is 35.5. The van der Waals surface area contributed by atoms with Crippen LogP contribution in [0.25, 0.3) is 10.9 Å². The highest BCUT2D eigenvalue weighted by Crippen LogP contribution is 2.12. The Labute approximate surface area is 121 Å². The summed E-state index contributed by atoms with van der Waals surface area (Å²) < 4.78 is 1.62. The van der Waals surface area contributed by atoms with E-state index in [0.29, 0.717) is 17.0 Å². The van der Waals surface area contributed by atoms with E-state index in [4.69, 9.17) is 11.6 Å². The number of aromatic nitrogens is 2. The van der Waals surface area contributed by atoms with Gasteiger partial charge in [0.1, 0.15) is 0 Å². The van der Waals surface area contributed by atoms with E-state index in [0.717, 1.165) is 16.6 Å². The lowest BCUT2D eigenvalue weighted by Crippen LogP contribution is -2.21. The lowest BCUT2D eigenvalue weighted by Gasteiger charge is -2.07. The van der Waals surface area contributed by atoms with Crippen molar-refractivity contribution < 1.29 is 0 Å². The molecule has 0 bridgehead atoms. The second kappa shape index (κ2) is 5.10. The first-order valence-electron chi connectivity index (χ1n) is 6.34. The summed E-state index contributed by atoms with van der Waals surface area (Å²) >= 11 is 5.86. The maximum absolute atomic E-state index is 12.4. The van der Waals surface area contributed by atoms with Gasteiger partial charge in [-0.3, -0.25) is 9.36 Å². The predicted molar refractivity (Wildman–Crippen MR) is 81.3 cm³/mol. The van der Waals surface area contributed by atoms with E-state index >= 15 is 0 Å². The predicted octanol–water partition coefficient (Wildman–Crippen LogP) is 3.41. The van der Waals surface area contributed by atoms with E-state index in [-0.39, 0.29) is 5.56 Å². The summed E-state index contributed by atoms with van der Waals surface area (Å²) in [4.78, 5) is 16.8. The van der Waals surface area contributed by atoms with Gasteiger partial charge in [0.2, 0.25) is 0 Å². The topological polar surface area (TPSA) is 34.9 Å². The number of benzene rings is 2. The van der Waals surface area contributed by atoms with Crippen LogP contribution in [0.1, 0.15) is 11.1 Å². The van der Waals surface area contributed by atoms with Gasteiger partial charge in [-0.1, -0.05) is 35.4 Å². The molecule has 0 unspecified atom stereocenters. The molecule has 0 spiro atoms. The van der Waals surface area contributed by atoms with Crippen LogP contribution in [0.2, 0.25) is 5.02 Å². The summed E-state index contributed by atoms with van der Waals surface area (Å²) in [5.74, 6) is 0. The third kappa shape index (κ3) is 2.45. The number of rotatable bonds is 2. The Balaban J connectivity index is 2.06. The van der Waals surface area contributed by atoms with Crippen molar-refractivity contribution >= 4 is 22.5 Å². The molecule has 0 atom stereocenters. The summed E-state index contributed by atoms with van der Waals surface area (Å²) in [7, 11) is 0. The quantitative estimate of drug-likeness (QED) is 0.723. The Morgan fingerprint density at radius 1 is 1.15 bits per heavy atom. The van der Waals surface area contributed by atoms with E-state index in [9.17, 15) is 4.79 Å². The van der Waals surface area contributed by atoms with Crippen molar-refractivity contribution in [1.29, 1.82) is 0 Å². The molecule has 1 heterocycles. The van der Waals surface area contributed by atoms with Crippen LogP contribution in [-0.4, -0.2) is 9.55 Å². The highest BCUT2D eigenvalue weighted by Gasteiger charge is 2.05. The van der Waals surface area contributed by atoms with Crippen molar-refractivity contribution in [2.24, 2.45) is 0 Å². The zero-order valence-electron chi connectivity index (χ0n) is 11.0. The van der Waals surface area contributed by atoms with E-state index in [1.54, 1.807) is 10.9 Å². The largest absolute Gasteiger partial charge is 0.294 e. The molecule has 100 valence electrons. The molecule has 0 N–H and O–H groups in total. The average Bonchev–Trinajstić information content (AvgIpc) is 2.45. The molecule has 0 radical (unpaired) electrons. The summed E-state index contributed by atoms with van der Waals surface area (Å²) in [6.07, 6.45) is 1.59. The molecule has 3 aromatic rings. The number of aryl methyl sites for hydroxylation is 1. The van der Waals surface area contributed by atoms with Gasteiger partial charge in [0.05, 0.1) is 23.8 Å². The molecule has 0 saturated carbocycles. The van der Waals surface area contributed by atoms with Crippen molar-refractivity contribution in [1.82, 2.24) is 9.55 Å². The van der Waals surface area contributed by atoms with Crippen LogP contribution >= 0.6 is 11.6 Å². The summed E-state index contributed by atoms with van der Waals surface area (Å²) in [6.45, 7) is 2.46. The van der Waals surface area contributed by atoms with Crippen molar-refractivity contribution in [3.05, 3.63) is 75.3 Å². The van der Waals surface area contributed by atoms with Gasteiger partial charge < -0.3 is 0 Å². The van der Waals surface area contributed by atoms with Crippen LogP contribution in [0.3, 0.4) is 0 Å². The molecule has 4 heteroatoms. The number of hydrogen-bond acceptors (Lipinski definition) is 2. The first kappa shape index (κ1) is 12.9. The molecule has 3 nitrogen and oxygen atoms in total. The molecule has 0 aliphatic heterocycles. The fraction of sp³-hybridized carbons (Fsp3) is 0.125. The van der Waals surface area contributed by atoms with Crippen LogP contribution < -0.4 is 5.56 Å². The normalized spacial score (nSPS) is 10.9. The molecular formula is C16H13ClN2O. The zero-order valence-corrected chi connectivity index (χ0v) is 11.8. The minimum atomic E-state index is -0.0198.